The van der Waals surface area contributed by atoms with Gasteiger partial charge < -0.3 is 9.84 Å². The van der Waals surface area contributed by atoms with Gasteiger partial charge in [-0.2, -0.15) is 0 Å². The molecule has 1 aromatic carbocycles. The summed E-state index contributed by atoms with van der Waals surface area (Å²) in [6, 6.07) is 4.08. The maximum atomic E-state index is 12.7. The predicted octanol–water partition coefficient (Wildman–Crippen LogP) is 4.06. The molecule has 1 aliphatic rings. The Balaban J connectivity index is 2.11. The second kappa shape index (κ2) is 7.60. The molecule has 0 aromatic heterocycles. The third-order valence-electron chi connectivity index (χ3n) is 4.08. The number of amides is 1. The van der Waals surface area contributed by atoms with E-state index in [1.165, 1.54) is 4.90 Å². The van der Waals surface area contributed by atoms with E-state index in [4.69, 9.17) is 16.3 Å². The van der Waals surface area contributed by atoms with Crippen molar-refractivity contribution in [1.29, 1.82) is 0 Å². The number of carbonyl (C=O) groups is 2. The Morgan fingerprint density at radius 3 is 2.60 bits per heavy atom. The maximum absolute atomic E-state index is 12.7. The minimum absolute atomic E-state index is 0.0534. The molecule has 0 unspecified atom stereocenters. The van der Waals surface area contributed by atoms with Gasteiger partial charge in [0, 0.05) is 11.6 Å². The molecule has 2 atom stereocenters. The van der Waals surface area contributed by atoms with Gasteiger partial charge in [-0.1, -0.05) is 23.7 Å². The zero-order valence-corrected chi connectivity index (χ0v) is 15.3. The lowest BCUT2D eigenvalue weighted by Gasteiger charge is -2.26. The highest BCUT2D eigenvalue weighted by molar-refractivity contribution is 6.31. The molecule has 2 rings (SSSR count). The summed E-state index contributed by atoms with van der Waals surface area (Å²) in [5, 5.41) is 9.88. The summed E-state index contributed by atoms with van der Waals surface area (Å²) in [6.45, 7) is 4.91. The topological polar surface area (TPSA) is 66.8 Å². The molecule has 1 fully saturated rings. The first kappa shape index (κ1) is 19.5. The monoisotopic (exact) mass is 371 g/mol. The van der Waals surface area contributed by atoms with E-state index in [1.807, 2.05) is 0 Å². The van der Waals surface area contributed by atoms with Crippen molar-refractivity contribution in [3.05, 3.63) is 34.3 Å². The molecule has 5 nitrogen and oxygen atoms in total. The second-order valence-electron chi connectivity index (χ2n) is 7.35. The summed E-state index contributed by atoms with van der Waals surface area (Å²) in [4.78, 5) is 25.1. The number of ether oxygens (including phenoxy) is 1. The van der Waals surface area contributed by atoms with Crippen molar-refractivity contribution in [2.24, 2.45) is 5.92 Å². The van der Waals surface area contributed by atoms with Crippen molar-refractivity contribution in [2.45, 2.75) is 51.9 Å². The number of hydrogen-bond acceptors (Lipinski definition) is 3. The summed E-state index contributed by atoms with van der Waals surface area (Å²) < 4.78 is 18.0. The van der Waals surface area contributed by atoms with Crippen LogP contribution in [0.15, 0.2) is 18.2 Å². The molecule has 25 heavy (non-hydrogen) atoms. The molecule has 1 amide bonds. The number of likely N-dealkylation sites (tertiary alicyclic amines) is 1. The van der Waals surface area contributed by atoms with Crippen molar-refractivity contribution in [2.75, 3.05) is 6.54 Å². The molecule has 138 valence electrons. The second-order valence-corrected chi connectivity index (χ2v) is 7.76. The Kier molecular flexibility index (Phi) is 5.93. The third kappa shape index (κ3) is 5.08. The van der Waals surface area contributed by atoms with Crippen LogP contribution in [0.25, 0.3) is 0 Å². The van der Waals surface area contributed by atoms with E-state index in [9.17, 15) is 19.1 Å². The molecular formula is C18H23ClFNO4. The number of alkyl halides is 1. The normalized spacial score (nSPS) is 20.6. The van der Waals surface area contributed by atoms with Gasteiger partial charge in [0.1, 0.15) is 18.3 Å². The maximum Gasteiger partial charge on any atom is 0.411 e. The number of aliphatic carboxylic acids is 1. The highest BCUT2D eigenvalue weighted by Crippen LogP contribution is 2.30. The van der Waals surface area contributed by atoms with E-state index >= 15 is 0 Å². The van der Waals surface area contributed by atoms with Gasteiger partial charge in [0.05, 0.1) is 0 Å². The van der Waals surface area contributed by atoms with Crippen molar-refractivity contribution in [3.8, 4) is 0 Å². The molecule has 0 bridgehead atoms. The van der Waals surface area contributed by atoms with Crippen LogP contribution in [-0.2, 0) is 22.6 Å². The zero-order valence-electron chi connectivity index (χ0n) is 14.6. The number of carbonyl (C=O) groups excluding carboxylic acids is 1. The molecule has 0 radical (unpaired) electrons. The molecule has 0 spiro atoms. The van der Waals surface area contributed by atoms with Crippen LogP contribution in [0.1, 0.15) is 38.3 Å². The lowest BCUT2D eigenvalue weighted by Crippen LogP contribution is -2.43. The Morgan fingerprint density at radius 1 is 1.40 bits per heavy atom. The fourth-order valence-corrected chi connectivity index (χ4v) is 3.26. The van der Waals surface area contributed by atoms with E-state index in [1.54, 1.807) is 39.0 Å². The fourth-order valence-electron chi connectivity index (χ4n) is 2.98. The molecule has 0 saturated carbocycles. The highest BCUT2D eigenvalue weighted by atomic mass is 35.5. The number of rotatable bonds is 4. The van der Waals surface area contributed by atoms with Gasteiger partial charge in [0.15, 0.2) is 0 Å². The van der Waals surface area contributed by atoms with Crippen LogP contribution in [-0.4, -0.2) is 40.3 Å². The Labute approximate surface area is 151 Å². The van der Waals surface area contributed by atoms with Crippen LogP contribution in [0.5, 0.6) is 0 Å². The molecule has 1 aliphatic heterocycles. The highest BCUT2D eigenvalue weighted by Gasteiger charge is 2.41. The molecule has 7 heteroatoms. The van der Waals surface area contributed by atoms with E-state index in [2.05, 4.69) is 0 Å². The molecule has 1 aromatic rings. The zero-order chi connectivity index (χ0) is 18.8. The van der Waals surface area contributed by atoms with Gasteiger partial charge >= 0.3 is 12.1 Å². The van der Waals surface area contributed by atoms with Crippen LogP contribution < -0.4 is 0 Å². The Hall–Kier alpha value is -1.82. The van der Waals surface area contributed by atoms with E-state index in [-0.39, 0.29) is 12.5 Å². The SMILES string of the molecule is CC(C)(C)OC(=O)N1C[C@H](Cc2ccc(CF)cc2Cl)C[C@H]1C(=O)O. The standard InChI is InChI=1S/C18H23ClFNO4/c1-18(2,3)25-17(24)21-10-12(8-15(21)16(22)23)6-13-5-4-11(9-20)7-14(13)19/h4-5,7,12,15H,6,8-10H2,1-3H3,(H,22,23)/t12-,15+/m1/s1. The molecular weight excluding hydrogens is 349 g/mol. The Morgan fingerprint density at radius 2 is 2.08 bits per heavy atom. The smallest absolute Gasteiger partial charge is 0.411 e. The largest absolute Gasteiger partial charge is 0.480 e. The van der Waals surface area contributed by atoms with Gasteiger partial charge in [-0.15, -0.1) is 0 Å². The minimum atomic E-state index is -1.05. The van der Waals surface area contributed by atoms with Crippen molar-refractivity contribution in [3.63, 3.8) is 0 Å². The van der Waals surface area contributed by atoms with Gasteiger partial charge in [0.2, 0.25) is 0 Å². The van der Waals surface area contributed by atoms with Crippen molar-refractivity contribution >= 4 is 23.7 Å². The molecule has 1 heterocycles. The average Bonchev–Trinajstić information content (AvgIpc) is 2.92. The van der Waals surface area contributed by atoms with E-state index in [0.717, 1.165) is 5.56 Å². The first-order chi connectivity index (χ1) is 11.6. The van der Waals surface area contributed by atoms with Crippen molar-refractivity contribution in [1.82, 2.24) is 4.90 Å². The fraction of sp³-hybridized carbons (Fsp3) is 0.556. The van der Waals surface area contributed by atoms with Gasteiger partial charge in [-0.05, 0) is 56.7 Å². The first-order valence-electron chi connectivity index (χ1n) is 8.16. The number of halogens is 2. The molecule has 1 saturated heterocycles. The number of carboxylic acids is 1. The summed E-state index contributed by atoms with van der Waals surface area (Å²) in [7, 11) is 0. The number of nitrogens with zero attached hydrogens (tertiary/aromatic N) is 1. The van der Waals surface area contributed by atoms with E-state index < -0.39 is 30.4 Å². The van der Waals surface area contributed by atoms with Gasteiger partial charge in [-0.25, -0.2) is 14.0 Å². The first-order valence-corrected chi connectivity index (χ1v) is 8.54. The van der Waals surface area contributed by atoms with Crippen LogP contribution in [0.4, 0.5) is 9.18 Å². The van der Waals surface area contributed by atoms with Crippen LogP contribution in [0, 0.1) is 5.92 Å². The van der Waals surface area contributed by atoms with Gasteiger partial charge in [0.25, 0.3) is 0 Å². The van der Waals surface area contributed by atoms with Crippen LogP contribution in [0.3, 0.4) is 0 Å². The third-order valence-corrected chi connectivity index (χ3v) is 4.43. The number of carboxylic acid groups (broad SMARTS) is 1. The number of hydrogen-bond donors (Lipinski definition) is 1. The summed E-state index contributed by atoms with van der Waals surface area (Å²) in [5.74, 6) is -1.10. The average molecular weight is 372 g/mol. The summed E-state index contributed by atoms with van der Waals surface area (Å²) in [5.41, 5.74) is 0.627. The lowest BCUT2D eigenvalue weighted by atomic mass is 9.96. The Bertz CT molecular complexity index is 659. The van der Waals surface area contributed by atoms with Crippen molar-refractivity contribution < 1.29 is 23.8 Å². The minimum Gasteiger partial charge on any atom is -0.480 e. The van der Waals surface area contributed by atoms with E-state index in [0.29, 0.717) is 23.4 Å². The quantitative estimate of drug-likeness (QED) is 0.866. The lowest BCUT2D eigenvalue weighted by molar-refractivity contribution is -0.142. The summed E-state index contributed by atoms with van der Waals surface area (Å²) >= 11 is 6.18. The number of benzene rings is 1. The van der Waals surface area contributed by atoms with Crippen LogP contribution in [0.2, 0.25) is 5.02 Å². The molecule has 1 N–H and O–H groups in total. The van der Waals surface area contributed by atoms with Crippen LogP contribution >= 0.6 is 11.6 Å². The predicted molar refractivity (Wildman–Crippen MR) is 92.4 cm³/mol. The molecule has 0 aliphatic carbocycles. The summed E-state index contributed by atoms with van der Waals surface area (Å²) in [6.07, 6.45) is 0.228. The van der Waals surface area contributed by atoms with Gasteiger partial charge in [-0.3, -0.25) is 4.90 Å².